The van der Waals surface area contributed by atoms with E-state index >= 15 is 0 Å². The number of hydrogen-bond donors (Lipinski definition) is 1. The van der Waals surface area contributed by atoms with E-state index in [1.54, 1.807) is 0 Å². The Kier molecular flexibility index (Phi) is 5.74. The van der Waals surface area contributed by atoms with Crippen LogP contribution in [-0.2, 0) is 17.8 Å². The minimum Gasteiger partial charge on any atom is -0.372 e. The Morgan fingerprint density at radius 2 is 1.81 bits per heavy atom. The predicted molar refractivity (Wildman–Crippen MR) is 98.9 cm³/mol. The van der Waals surface area contributed by atoms with Crippen molar-refractivity contribution in [2.75, 3.05) is 13.1 Å². The van der Waals surface area contributed by atoms with Crippen LogP contribution in [0.5, 0.6) is 0 Å². The Morgan fingerprint density at radius 3 is 2.38 bits per heavy atom. The SMILES string of the molecule is Cc1noc(C)c1CNCc1ccc(C(=O)N2CC(C)OC(C)C2)cc1. The molecule has 1 N–H and O–H groups in total. The third-order valence-corrected chi connectivity index (χ3v) is 4.72. The molecule has 0 spiro atoms. The number of amides is 1. The highest BCUT2D eigenvalue weighted by atomic mass is 16.5. The fourth-order valence-electron chi connectivity index (χ4n) is 3.38. The van der Waals surface area contributed by atoms with Gasteiger partial charge >= 0.3 is 0 Å². The number of rotatable bonds is 5. The van der Waals surface area contributed by atoms with Crippen LogP contribution >= 0.6 is 0 Å². The summed E-state index contributed by atoms with van der Waals surface area (Å²) in [6.45, 7) is 10.6. The quantitative estimate of drug-likeness (QED) is 0.891. The molecule has 2 aromatic rings. The molecule has 0 saturated carbocycles. The molecule has 1 aliphatic rings. The van der Waals surface area contributed by atoms with Crippen LogP contribution in [0.15, 0.2) is 28.8 Å². The molecular formula is C20H27N3O3. The average Bonchev–Trinajstić information content (AvgIpc) is 2.93. The minimum absolute atomic E-state index is 0.0715. The fraction of sp³-hybridized carbons (Fsp3) is 0.500. The second-order valence-corrected chi connectivity index (χ2v) is 7.07. The van der Waals surface area contributed by atoms with Crippen molar-refractivity contribution >= 4 is 5.91 Å². The molecule has 6 nitrogen and oxygen atoms in total. The number of carbonyl (C=O) groups excluding carboxylic acids is 1. The summed E-state index contributed by atoms with van der Waals surface area (Å²) in [4.78, 5) is 14.6. The van der Waals surface area contributed by atoms with E-state index in [1.807, 2.05) is 56.9 Å². The topological polar surface area (TPSA) is 67.6 Å². The highest BCUT2D eigenvalue weighted by Crippen LogP contribution is 2.15. The van der Waals surface area contributed by atoms with Crippen LogP contribution in [0.4, 0.5) is 0 Å². The molecular weight excluding hydrogens is 330 g/mol. The number of benzene rings is 1. The lowest BCUT2D eigenvalue weighted by Crippen LogP contribution is -2.48. The summed E-state index contributed by atoms with van der Waals surface area (Å²) in [6.07, 6.45) is 0.158. The summed E-state index contributed by atoms with van der Waals surface area (Å²) < 4.78 is 10.9. The van der Waals surface area contributed by atoms with Gasteiger partial charge in [-0.15, -0.1) is 0 Å². The third-order valence-electron chi connectivity index (χ3n) is 4.72. The Morgan fingerprint density at radius 1 is 1.15 bits per heavy atom. The smallest absolute Gasteiger partial charge is 0.254 e. The van der Waals surface area contributed by atoms with Crippen molar-refractivity contribution in [1.29, 1.82) is 0 Å². The summed E-state index contributed by atoms with van der Waals surface area (Å²) in [5.41, 5.74) is 3.88. The number of ether oxygens (including phenoxy) is 1. The summed E-state index contributed by atoms with van der Waals surface area (Å²) in [6, 6.07) is 7.81. The molecule has 140 valence electrons. The van der Waals surface area contributed by atoms with Crippen molar-refractivity contribution in [3.8, 4) is 0 Å². The fourth-order valence-corrected chi connectivity index (χ4v) is 3.38. The van der Waals surface area contributed by atoms with Gasteiger partial charge in [0.15, 0.2) is 0 Å². The van der Waals surface area contributed by atoms with Gasteiger partial charge in [-0.3, -0.25) is 4.79 Å². The molecule has 1 saturated heterocycles. The van der Waals surface area contributed by atoms with Crippen LogP contribution in [0.2, 0.25) is 0 Å². The lowest BCUT2D eigenvalue weighted by molar-refractivity contribution is -0.0586. The van der Waals surface area contributed by atoms with E-state index in [2.05, 4.69) is 10.5 Å². The first kappa shape index (κ1) is 18.6. The van der Waals surface area contributed by atoms with Gasteiger partial charge in [-0.25, -0.2) is 0 Å². The van der Waals surface area contributed by atoms with Crippen molar-refractivity contribution in [3.05, 3.63) is 52.4 Å². The molecule has 1 aromatic heterocycles. The normalized spacial score (nSPS) is 20.4. The molecule has 6 heteroatoms. The molecule has 1 amide bonds. The summed E-state index contributed by atoms with van der Waals surface area (Å²) in [7, 11) is 0. The molecule has 1 aliphatic heterocycles. The van der Waals surface area contributed by atoms with Gasteiger partial charge < -0.3 is 19.5 Å². The molecule has 2 unspecified atom stereocenters. The zero-order chi connectivity index (χ0) is 18.7. The zero-order valence-corrected chi connectivity index (χ0v) is 15.9. The number of morpholine rings is 1. The van der Waals surface area contributed by atoms with Crippen LogP contribution < -0.4 is 5.32 Å². The van der Waals surface area contributed by atoms with Gasteiger partial charge in [0.2, 0.25) is 0 Å². The lowest BCUT2D eigenvalue weighted by Gasteiger charge is -2.35. The molecule has 2 heterocycles. The number of hydrogen-bond acceptors (Lipinski definition) is 5. The first-order valence-electron chi connectivity index (χ1n) is 9.10. The first-order valence-corrected chi connectivity index (χ1v) is 9.10. The Labute approximate surface area is 154 Å². The van der Waals surface area contributed by atoms with E-state index in [9.17, 15) is 4.79 Å². The van der Waals surface area contributed by atoms with Gasteiger partial charge in [0, 0.05) is 37.3 Å². The number of carbonyl (C=O) groups is 1. The van der Waals surface area contributed by atoms with Crippen molar-refractivity contribution in [2.45, 2.75) is 53.0 Å². The van der Waals surface area contributed by atoms with E-state index in [0.29, 0.717) is 19.6 Å². The van der Waals surface area contributed by atoms with Crippen LogP contribution in [0.25, 0.3) is 0 Å². The highest BCUT2D eigenvalue weighted by Gasteiger charge is 2.26. The Balaban J connectivity index is 1.55. The van der Waals surface area contributed by atoms with E-state index < -0.39 is 0 Å². The Bertz CT molecular complexity index is 725. The van der Waals surface area contributed by atoms with Crippen LogP contribution in [0.1, 0.15) is 46.8 Å². The van der Waals surface area contributed by atoms with Crippen LogP contribution in [-0.4, -0.2) is 41.3 Å². The van der Waals surface area contributed by atoms with E-state index in [0.717, 1.165) is 34.7 Å². The number of aromatic nitrogens is 1. The van der Waals surface area contributed by atoms with Crippen molar-refractivity contribution in [3.63, 3.8) is 0 Å². The van der Waals surface area contributed by atoms with Crippen LogP contribution in [0, 0.1) is 13.8 Å². The Hall–Kier alpha value is -2.18. The van der Waals surface area contributed by atoms with Crippen LogP contribution in [0.3, 0.4) is 0 Å². The van der Waals surface area contributed by atoms with Gasteiger partial charge in [-0.2, -0.15) is 0 Å². The maximum absolute atomic E-state index is 12.7. The second kappa shape index (κ2) is 8.01. The first-order chi connectivity index (χ1) is 12.4. The van der Waals surface area contributed by atoms with E-state index in [-0.39, 0.29) is 18.1 Å². The monoisotopic (exact) mass is 357 g/mol. The average molecular weight is 357 g/mol. The lowest BCUT2D eigenvalue weighted by atomic mass is 10.1. The van der Waals surface area contributed by atoms with E-state index in [4.69, 9.17) is 9.26 Å². The molecule has 0 bridgehead atoms. The molecule has 1 aromatic carbocycles. The number of aryl methyl sites for hydroxylation is 2. The molecule has 2 atom stereocenters. The summed E-state index contributed by atoms with van der Waals surface area (Å²) >= 11 is 0. The number of nitrogens with one attached hydrogen (secondary N) is 1. The van der Waals surface area contributed by atoms with Crippen molar-refractivity contribution in [1.82, 2.24) is 15.4 Å². The largest absolute Gasteiger partial charge is 0.372 e. The molecule has 0 aliphatic carbocycles. The van der Waals surface area contributed by atoms with Gasteiger partial charge in [0.25, 0.3) is 5.91 Å². The maximum atomic E-state index is 12.7. The van der Waals surface area contributed by atoms with E-state index in [1.165, 1.54) is 0 Å². The maximum Gasteiger partial charge on any atom is 0.254 e. The molecule has 1 fully saturated rings. The van der Waals surface area contributed by atoms with Gasteiger partial charge in [0.05, 0.1) is 17.9 Å². The van der Waals surface area contributed by atoms with Gasteiger partial charge in [-0.05, 0) is 45.4 Å². The summed E-state index contributed by atoms with van der Waals surface area (Å²) in [5.74, 6) is 0.923. The minimum atomic E-state index is 0.0715. The molecule has 3 rings (SSSR count). The van der Waals surface area contributed by atoms with Crippen molar-refractivity contribution in [2.24, 2.45) is 0 Å². The standard InChI is InChI=1S/C20H27N3O3/c1-13-11-23(12-14(2)25-13)20(24)18-7-5-17(6-8-18)9-21-10-19-15(3)22-26-16(19)4/h5-8,13-14,21H,9-12H2,1-4H3. The van der Waals surface area contributed by atoms with Crippen molar-refractivity contribution < 1.29 is 14.1 Å². The molecule has 26 heavy (non-hydrogen) atoms. The third kappa shape index (κ3) is 4.31. The molecule has 0 radical (unpaired) electrons. The van der Waals surface area contributed by atoms with Gasteiger partial charge in [-0.1, -0.05) is 17.3 Å². The summed E-state index contributed by atoms with van der Waals surface area (Å²) in [5, 5.41) is 7.36. The second-order valence-electron chi connectivity index (χ2n) is 7.07. The number of nitrogens with zero attached hydrogens (tertiary/aromatic N) is 2. The highest BCUT2D eigenvalue weighted by molar-refractivity contribution is 5.94. The predicted octanol–water partition coefficient (Wildman–Crippen LogP) is 2.83. The zero-order valence-electron chi connectivity index (χ0n) is 15.9. The van der Waals surface area contributed by atoms with Gasteiger partial charge in [0.1, 0.15) is 5.76 Å².